The molecule has 0 fully saturated rings. The van der Waals surface area contributed by atoms with Crippen LogP contribution in [-0.4, -0.2) is 0 Å². The van der Waals surface area contributed by atoms with Gasteiger partial charge >= 0.3 is 0 Å². The first-order chi connectivity index (χ1) is 11.1. The van der Waals surface area contributed by atoms with Crippen LogP contribution in [0.1, 0.15) is 50.5 Å². The van der Waals surface area contributed by atoms with E-state index in [2.05, 4.69) is 64.1 Å². The second-order valence-electron chi connectivity index (χ2n) is 6.76. The van der Waals surface area contributed by atoms with Crippen LogP contribution in [0.4, 0.5) is 0 Å². The van der Waals surface area contributed by atoms with Gasteiger partial charge in [0.05, 0.1) is 6.26 Å². The summed E-state index contributed by atoms with van der Waals surface area (Å²) in [5.74, 6) is 1.84. The van der Waals surface area contributed by atoms with Gasteiger partial charge < -0.3 is 4.42 Å². The molecule has 0 N–H and O–H groups in total. The van der Waals surface area contributed by atoms with E-state index >= 15 is 0 Å². The maximum atomic E-state index is 5.69. The molecule has 0 saturated heterocycles. The number of allylic oxidation sites excluding steroid dienone is 5. The van der Waals surface area contributed by atoms with E-state index in [1.165, 1.54) is 39.0 Å². The van der Waals surface area contributed by atoms with Gasteiger partial charge in [-0.15, -0.1) is 0 Å². The predicted octanol–water partition coefficient (Wildman–Crippen LogP) is 6.11. The average molecular weight is 302 g/mol. The molecule has 116 valence electrons. The monoisotopic (exact) mass is 302 g/mol. The lowest BCUT2D eigenvalue weighted by atomic mass is 9.81. The Morgan fingerprint density at radius 3 is 2.17 bits per heavy atom. The van der Waals surface area contributed by atoms with Crippen LogP contribution in [-0.2, 0) is 0 Å². The Bertz CT molecular complexity index is 835. The van der Waals surface area contributed by atoms with Gasteiger partial charge in [-0.2, -0.15) is 0 Å². The molecule has 1 aromatic carbocycles. The van der Waals surface area contributed by atoms with Crippen molar-refractivity contribution in [1.29, 1.82) is 0 Å². The highest BCUT2D eigenvalue weighted by Gasteiger charge is 2.36. The first-order valence-electron chi connectivity index (χ1n) is 8.29. The van der Waals surface area contributed by atoms with Crippen molar-refractivity contribution in [3.63, 3.8) is 0 Å². The molecule has 2 aromatic rings. The molecular formula is C22H22O. The molecule has 1 heteroatoms. The number of hydrogen-bond donors (Lipinski definition) is 0. The number of fused-ring (bicyclic) bond motifs is 1. The summed E-state index contributed by atoms with van der Waals surface area (Å²) in [4.78, 5) is 0. The highest BCUT2D eigenvalue weighted by atomic mass is 16.3. The summed E-state index contributed by atoms with van der Waals surface area (Å²) in [5.41, 5.74) is 9.92. The van der Waals surface area contributed by atoms with Gasteiger partial charge in [0.25, 0.3) is 0 Å². The molecular weight excluding hydrogens is 280 g/mol. The Balaban J connectivity index is 1.88. The van der Waals surface area contributed by atoms with E-state index in [9.17, 15) is 0 Å². The van der Waals surface area contributed by atoms with E-state index in [4.69, 9.17) is 4.42 Å². The van der Waals surface area contributed by atoms with Gasteiger partial charge in [0.15, 0.2) is 0 Å². The summed E-state index contributed by atoms with van der Waals surface area (Å²) in [6.07, 6.45) is 4.17. The molecule has 1 atom stereocenters. The van der Waals surface area contributed by atoms with E-state index in [1.807, 2.05) is 6.07 Å². The van der Waals surface area contributed by atoms with Crippen molar-refractivity contribution in [2.24, 2.45) is 5.92 Å². The highest BCUT2D eigenvalue weighted by Crippen LogP contribution is 2.50. The van der Waals surface area contributed by atoms with Gasteiger partial charge in [0.2, 0.25) is 0 Å². The van der Waals surface area contributed by atoms with Gasteiger partial charge in [0, 0.05) is 17.4 Å². The van der Waals surface area contributed by atoms with E-state index in [0.29, 0.717) is 11.8 Å². The summed E-state index contributed by atoms with van der Waals surface area (Å²) in [6, 6.07) is 12.8. The molecule has 2 aliphatic carbocycles. The molecule has 0 saturated carbocycles. The Morgan fingerprint density at radius 1 is 0.826 bits per heavy atom. The van der Waals surface area contributed by atoms with Gasteiger partial charge in [-0.05, 0) is 62.1 Å². The number of rotatable bonds is 2. The van der Waals surface area contributed by atoms with Crippen molar-refractivity contribution >= 4 is 5.57 Å². The molecule has 0 radical (unpaired) electrons. The van der Waals surface area contributed by atoms with Gasteiger partial charge in [-0.1, -0.05) is 41.5 Å². The lowest BCUT2D eigenvalue weighted by molar-refractivity contribution is 0.553. The Morgan fingerprint density at radius 2 is 1.52 bits per heavy atom. The van der Waals surface area contributed by atoms with Gasteiger partial charge in [-0.25, -0.2) is 0 Å². The molecule has 0 spiro atoms. The molecule has 0 bridgehead atoms. The largest absolute Gasteiger partial charge is 0.464 e. The maximum Gasteiger partial charge on any atom is 0.134 e. The number of benzene rings is 1. The molecule has 0 aliphatic heterocycles. The Hall–Kier alpha value is -2.28. The molecule has 2 aliphatic rings. The van der Waals surface area contributed by atoms with E-state index in [0.717, 1.165) is 5.76 Å². The second-order valence-corrected chi connectivity index (χ2v) is 6.76. The smallest absolute Gasteiger partial charge is 0.134 e. The van der Waals surface area contributed by atoms with Gasteiger partial charge in [0.1, 0.15) is 5.76 Å². The van der Waals surface area contributed by atoms with Crippen LogP contribution in [0.25, 0.3) is 5.57 Å². The van der Waals surface area contributed by atoms with Crippen LogP contribution in [0.15, 0.2) is 75.4 Å². The van der Waals surface area contributed by atoms with Crippen LogP contribution < -0.4 is 0 Å². The quantitative estimate of drug-likeness (QED) is 0.652. The first kappa shape index (κ1) is 14.3. The van der Waals surface area contributed by atoms with Crippen molar-refractivity contribution in [2.45, 2.75) is 33.6 Å². The lowest BCUT2D eigenvalue weighted by Crippen LogP contribution is -2.11. The molecule has 1 aromatic heterocycles. The molecule has 23 heavy (non-hydrogen) atoms. The summed E-state index contributed by atoms with van der Waals surface area (Å²) in [5, 5.41) is 0. The van der Waals surface area contributed by atoms with Crippen LogP contribution in [0.5, 0.6) is 0 Å². The van der Waals surface area contributed by atoms with Gasteiger partial charge in [-0.3, -0.25) is 0 Å². The van der Waals surface area contributed by atoms with E-state index in [-0.39, 0.29) is 0 Å². The van der Waals surface area contributed by atoms with Crippen molar-refractivity contribution < 1.29 is 4.42 Å². The minimum Gasteiger partial charge on any atom is -0.464 e. The molecule has 1 nitrogen and oxygen atoms in total. The zero-order chi connectivity index (χ0) is 16.1. The highest BCUT2D eigenvalue weighted by molar-refractivity contribution is 5.84. The van der Waals surface area contributed by atoms with Crippen molar-refractivity contribution in [3.05, 3.63) is 87.9 Å². The minimum atomic E-state index is 0.402. The summed E-state index contributed by atoms with van der Waals surface area (Å²) < 4.78 is 5.69. The minimum absolute atomic E-state index is 0.402. The molecule has 4 rings (SSSR count). The van der Waals surface area contributed by atoms with E-state index < -0.39 is 0 Å². The van der Waals surface area contributed by atoms with Crippen molar-refractivity contribution in [3.8, 4) is 0 Å². The maximum absolute atomic E-state index is 5.69. The Labute approximate surface area is 138 Å². The number of furan rings is 1. The first-order valence-corrected chi connectivity index (χ1v) is 8.29. The predicted molar refractivity (Wildman–Crippen MR) is 95.2 cm³/mol. The van der Waals surface area contributed by atoms with Crippen LogP contribution in [0.3, 0.4) is 0 Å². The summed E-state index contributed by atoms with van der Waals surface area (Å²) >= 11 is 0. The fourth-order valence-corrected chi connectivity index (χ4v) is 4.24. The zero-order valence-corrected chi connectivity index (χ0v) is 14.2. The van der Waals surface area contributed by atoms with E-state index in [1.54, 1.807) is 6.26 Å². The van der Waals surface area contributed by atoms with Crippen LogP contribution in [0, 0.1) is 5.92 Å². The lowest BCUT2D eigenvalue weighted by Gasteiger charge is -2.23. The standard InChI is InChI=1S/C22H22O/c1-13-14(2)16(4)22(15(13)3)20-12-19(21-10-7-11-23-21)17-8-5-6-9-18(17)20/h5-12,20,22H,1-4H3. The Kier molecular flexibility index (Phi) is 3.19. The average Bonchev–Trinajstić information content (AvgIpc) is 3.24. The topological polar surface area (TPSA) is 13.1 Å². The zero-order valence-electron chi connectivity index (χ0n) is 14.2. The second kappa shape index (κ2) is 5.13. The van der Waals surface area contributed by atoms with Crippen molar-refractivity contribution in [2.75, 3.05) is 0 Å². The summed E-state index contributed by atoms with van der Waals surface area (Å²) in [7, 11) is 0. The van der Waals surface area contributed by atoms with Crippen LogP contribution >= 0.6 is 0 Å². The molecule has 1 heterocycles. The third-order valence-electron chi connectivity index (χ3n) is 5.78. The molecule has 0 amide bonds. The fourth-order valence-electron chi connectivity index (χ4n) is 4.24. The SMILES string of the molecule is CC1=C(C)C(C2C=C(c3ccco3)c3ccccc32)C(C)=C1C. The normalized spacial score (nSPS) is 21.2. The molecule has 1 unspecified atom stereocenters. The van der Waals surface area contributed by atoms with Crippen molar-refractivity contribution in [1.82, 2.24) is 0 Å². The third-order valence-corrected chi connectivity index (χ3v) is 5.78. The van der Waals surface area contributed by atoms with Crippen LogP contribution in [0.2, 0.25) is 0 Å². The number of hydrogen-bond acceptors (Lipinski definition) is 1. The third kappa shape index (κ3) is 1.99. The summed E-state index contributed by atoms with van der Waals surface area (Å²) in [6.45, 7) is 9.10. The fraction of sp³-hybridized carbons (Fsp3) is 0.273.